The predicted octanol–water partition coefficient (Wildman–Crippen LogP) is 5.59. The number of rotatable bonds is 5. The Bertz CT molecular complexity index is 1120. The van der Waals surface area contributed by atoms with Crippen molar-refractivity contribution in [3.63, 3.8) is 0 Å². The number of carbonyl (C=O) groups is 1. The van der Waals surface area contributed by atoms with E-state index in [0.29, 0.717) is 17.0 Å². The van der Waals surface area contributed by atoms with Gasteiger partial charge in [-0.3, -0.25) is 10.0 Å². The van der Waals surface area contributed by atoms with Crippen molar-refractivity contribution in [2.45, 2.75) is 26.4 Å². The SMILES string of the molecule is CC.O=C(Nc1ccc[n+](O)c1)c1cc(C(F)(F)F)cnc1Oc1ccc(OC(F)(F)F)cc1. The highest BCUT2D eigenvalue weighted by Crippen LogP contribution is 2.33. The van der Waals surface area contributed by atoms with Gasteiger partial charge in [-0.1, -0.05) is 13.8 Å². The minimum absolute atomic E-state index is 0.0528. The van der Waals surface area contributed by atoms with E-state index in [4.69, 9.17) is 4.74 Å². The fourth-order valence-corrected chi connectivity index (χ4v) is 2.41. The van der Waals surface area contributed by atoms with Gasteiger partial charge in [-0.05, 0) is 36.4 Å². The Balaban J connectivity index is 0.00000199. The molecule has 13 heteroatoms. The summed E-state index contributed by atoms with van der Waals surface area (Å²) in [4.78, 5) is 16.1. The van der Waals surface area contributed by atoms with E-state index in [1.54, 1.807) is 0 Å². The van der Waals surface area contributed by atoms with Crippen LogP contribution < -0.4 is 19.5 Å². The highest BCUT2D eigenvalue weighted by molar-refractivity contribution is 6.05. The second kappa shape index (κ2) is 10.7. The molecular formula is C21H18F6N3O4+. The second-order valence-electron chi connectivity index (χ2n) is 6.12. The number of halogens is 6. The average Bonchev–Trinajstić information content (AvgIpc) is 2.75. The molecule has 0 aliphatic heterocycles. The first-order chi connectivity index (χ1) is 15.9. The number of nitrogens with zero attached hydrogens (tertiary/aromatic N) is 2. The molecule has 3 rings (SSSR count). The Kier molecular flexibility index (Phi) is 8.27. The summed E-state index contributed by atoms with van der Waals surface area (Å²) in [6.07, 6.45) is -6.96. The fourth-order valence-electron chi connectivity index (χ4n) is 2.41. The number of carbonyl (C=O) groups excluding carboxylic acids is 1. The highest BCUT2D eigenvalue weighted by Gasteiger charge is 2.33. The van der Waals surface area contributed by atoms with E-state index in [-0.39, 0.29) is 11.4 Å². The van der Waals surface area contributed by atoms with Gasteiger partial charge in [-0.2, -0.15) is 13.2 Å². The molecular weight excluding hydrogens is 472 g/mol. The Morgan fingerprint density at radius 1 is 1.03 bits per heavy atom. The van der Waals surface area contributed by atoms with Crippen LogP contribution in [0.4, 0.5) is 32.0 Å². The molecule has 0 atom stereocenters. The molecule has 0 radical (unpaired) electrons. The van der Waals surface area contributed by atoms with E-state index in [0.717, 1.165) is 30.5 Å². The first-order valence-corrected chi connectivity index (χ1v) is 9.53. The average molecular weight is 490 g/mol. The number of hydrogen-bond acceptors (Lipinski definition) is 5. The van der Waals surface area contributed by atoms with Crippen LogP contribution >= 0.6 is 0 Å². The van der Waals surface area contributed by atoms with Gasteiger partial charge in [0.2, 0.25) is 18.3 Å². The molecule has 2 aromatic heterocycles. The zero-order valence-electron chi connectivity index (χ0n) is 17.6. The summed E-state index contributed by atoms with van der Waals surface area (Å²) in [5.41, 5.74) is -1.78. The van der Waals surface area contributed by atoms with Crippen LogP contribution in [0.5, 0.6) is 17.4 Å². The van der Waals surface area contributed by atoms with Crippen molar-refractivity contribution in [1.29, 1.82) is 0 Å². The number of amides is 1. The number of ether oxygens (including phenoxy) is 2. The summed E-state index contributed by atoms with van der Waals surface area (Å²) in [7, 11) is 0. The van der Waals surface area contributed by atoms with Crippen molar-refractivity contribution in [3.8, 4) is 17.4 Å². The molecule has 7 nitrogen and oxygen atoms in total. The topological polar surface area (TPSA) is 84.6 Å². The minimum Gasteiger partial charge on any atom is -0.438 e. The van der Waals surface area contributed by atoms with E-state index in [2.05, 4.69) is 15.0 Å². The van der Waals surface area contributed by atoms with Gasteiger partial charge in [-0.25, -0.2) is 4.98 Å². The maximum Gasteiger partial charge on any atom is 0.573 e. The number of alkyl halides is 6. The minimum atomic E-state index is -4.91. The molecule has 34 heavy (non-hydrogen) atoms. The van der Waals surface area contributed by atoms with E-state index in [1.807, 2.05) is 13.8 Å². The molecule has 3 aromatic rings. The lowest BCUT2D eigenvalue weighted by Crippen LogP contribution is -2.29. The summed E-state index contributed by atoms with van der Waals surface area (Å²) >= 11 is 0. The number of benzene rings is 1. The van der Waals surface area contributed by atoms with Gasteiger partial charge in [0, 0.05) is 17.0 Å². The first kappa shape index (κ1) is 26.2. The lowest BCUT2D eigenvalue weighted by atomic mass is 10.1. The van der Waals surface area contributed by atoms with E-state index < -0.39 is 41.2 Å². The molecule has 0 unspecified atom stereocenters. The normalized spacial score (nSPS) is 11.2. The van der Waals surface area contributed by atoms with Crippen molar-refractivity contribution in [1.82, 2.24) is 4.98 Å². The number of pyridine rings is 2. The lowest BCUT2D eigenvalue weighted by Gasteiger charge is -2.14. The first-order valence-electron chi connectivity index (χ1n) is 9.53. The smallest absolute Gasteiger partial charge is 0.438 e. The number of aromatic nitrogens is 2. The molecule has 0 fully saturated rings. The van der Waals surface area contributed by atoms with Crippen LogP contribution in [0.2, 0.25) is 0 Å². The molecule has 0 saturated heterocycles. The largest absolute Gasteiger partial charge is 0.573 e. The quantitative estimate of drug-likeness (QED) is 0.277. The number of anilines is 1. The summed E-state index contributed by atoms with van der Waals surface area (Å²) in [6, 6.07) is 7.16. The Labute approximate surface area is 189 Å². The van der Waals surface area contributed by atoms with Crippen molar-refractivity contribution < 1.29 is 50.5 Å². The van der Waals surface area contributed by atoms with E-state index >= 15 is 0 Å². The molecule has 0 saturated carbocycles. The standard InChI is InChI=1S/C19H11F6N3O4.C2H6/c20-18(21,22)11-8-15(16(29)27-12-2-1-7-28(30)10-12)17(26-9-11)31-13-3-5-14(6-4-13)32-19(23,24)25;1-2/h1-10H,(H-,27,29,30);1-2H3/p+1. The molecule has 2 N–H and O–H groups in total. The Morgan fingerprint density at radius 2 is 1.65 bits per heavy atom. The molecule has 0 bridgehead atoms. The van der Waals surface area contributed by atoms with Crippen LogP contribution in [-0.2, 0) is 6.18 Å². The Hall–Kier alpha value is -4.03. The van der Waals surface area contributed by atoms with Crippen LogP contribution in [0.1, 0.15) is 29.8 Å². The molecule has 0 spiro atoms. The Morgan fingerprint density at radius 3 is 2.21 bits per heavy atom. The fraction of sp³-hybridized carbons (Fsp3) is 0.190. The summed E-state index contributed by atoms with van der Waals surface area (Å²) in [6.45, 7) is 4.00. The summed E-state index contributed by atoms with van der Waals surface area (Å²) in [5, 5.41) is 11.7. The zero-order valence-corrected chi connectivity index (χ0v) is 17.6. The third-order valence-electron chi connectivity index (χ3n) is 3.74. The maximum atomic E-state index is 13.1. The van der Waals surface area contributed by atoms with E-state index in [1.165, 1.54) is 18.3 Å². The van der Waals surface area contributed by atoms with Gasteiger partial charge in [0.1, 0.15) is 22.7 Å². The molecule has 1 aromatic carbocycles. The number of hydrogen-bond donors (Lipinski definition) is 2. The van der Waals surface area contributed by atoms with Gasteiger partial charge in [0.15, 0.2) is 0 Å². The van der Waals surface area contributed by atoms with Crippen molar-refractivity contribution in [2.24, 2.45) is 0 Å². The number of nitrogens with one attached hydrogen (secondary N) is 1. The molecule has 182 valence electrons. The third kappa shape index (κ3) is 7.53. The van der Waals surface area contributed by atoms with Gasteiger partial charge in [0.05, 0.1) is 5.56 Å². The van der Waals surface area contributed by atoms with Crippen LogP contribution in [0.3, 0.4) is 0 Å². The molecule has 0 aliphatic carbocycles. The van der Waals surface area contributed by atoms with Gasteiger partial charge >= 0.3 is 12.5 Å². The van der Waals surface area contributed by atoms with E-state index in [9.17, 15) is 36.3 Å². The van der Waals surface area contributed by atoms with Crippen molar-refractivity contribution in [3.05, 3.63) is 72.2 Å². The zero-order chi connectivity index (χ0) is 25.5. The van der Waals surface area contributed by atoms with Gasteiger partial charge in [0.25, 0.3) is 5.91 Å². The monoisotopic (exact) mass is 490 g/mol. The highest BCUT2D eigenvalue weighted by atomic mass is 19.4. The van der Waals surface area contributed by atoms with Crippen LogP contribution in [0, 0.1) is 0 Å². The summed E-state index contributed by atoms with van der Waals surface area (Å²) < 4.78 is 85.7. The molecule has 2 heterocycles. The summed E-state index contributed by atoms with van der Waals surface area (Å²) in [5.74, 6) is -2.24. The molecule has 1 amide bonds. The third-order valence-corrected chi connectivity index (χ3v) is 3.74. The van der Waals surface area contributed by atoms with Gasteiger partial charge in [-0.15, -0.1) is 13.2 Å². The van der Waals surface area contributed by atoms with Crippen LogP contribution in [0.15, 0.2) is 61.1 Å². The lowest BCUT2D eigenvalue weighted by molar-refractivity contribution is -0.904. The van der Waals surface area contributed by atoms with Crippen molar-refractivity contribution in [2.75, 3.05) is 5.32 Å². The van der Waals surface area contributed by atoms with Crippen LogP contribution in [0.25, 0.3) is 0 Å². The molecule has 0 aliphatic rings. The van der Waals surface area contributed by atoms with Crippen LogP contribution in [-0.4, -0.2) is 22.5 Å². The maximum absolute atomic E-state index is 13.1. The second-order valence-corrected chi connectivity index (χ2v) is 6.12. The van der Waals surface area contributed by atoms with Crippen molar-refractivity contribution >= 4 is 11.6 Å². The van der Waals surface area contributed by atoms with Gasteiger partial charge < -0.3 is 14.8 Å². The predicted molar refractivity (Wildman–Crippen MR) is 106 cm³/mol.